The van der Waals surface area contributed by atoms with Crippen LogP contribution in [0.1, 0.15) is 46.0 Å². The van der Waals surface area contributed by atoms with Gasteiger partial charge in [0.05, 0.1) is 13.0 Å². The third-order valence-corrected chi connectivity index (χ3v) is 2.03. The minimum Gasteiger partial charge on any atom is -0.481 e. The predicted octanol–water partition coefficient (Wildman–Crippen LogP) is 2.69. The Balaban J connectivity index is 2.96. The van der Waals surface area contributed by atoms with E-state index in [0.29, 0.717) is 13.2 Å². The van der Waals surface area contributed by atoms with Crippen molar-refractivity contribution in [2.24, 2.45) is 5.92 Å². The van der Waals surface area contributed by atoms with E-state index in [1.807, 2.05) is 0 Å². The van der Waals surface area contributed by atoms with Gasteiger partial charge in [0, 0.05) is 6.61 Å². The highest BCUT2D eigenvalue weighted by Gasteiger charge is 1.97. The summed E-state index contributed by atoms with van der Waals surface area (Å²) < 4.78 is 5.17. The maximum absolute atomic E-state index is 10.1. The van der Waals surface area contributed by atoms with E-state index in [-0.39, 0.29) is 6.42 Å². The van der Waals surface area contributed by atoms with Crippen molar-refractivity contribution < 1.29 is 14.6 Å². The predicted molar refractivity (Wildman–Crippen MR) is 56.4 cm³/mol. The molecule has 0 bridgehead atoms. The van der Waals surface area contributed by atoms with E-state index in [1.54, 1.807) is 0 Å². The summed E-state index contributed by atoms with van der Waals surface area (Å²) in [6.07, 6.45) is 4.87. The minimum atomic E-state index is -0.787. The Kier molecular flexibility index (Phi) is 8.64. The second-order valence-corrected chi connectivity index (χ2v) is 4.00. The van der Waals surface area contributed by atoms with Crippen LogP contribution in [0, 0.1) is 5.92 Å². The van der Waals surface area contributed by atoms with Crippen LogP contribution in [0.5, 0.6) is 0 Å². The fourth-order valence-electron chi connectivity index (χ4n) is 1.20. The summed E-state index contributed by atoms with van der Waals surface area (Å²) >= 11 is 0. The van der Waals surface area contributed by atoms with Crippen molar-refractivity contribution in [1.29, 1.82) is 0 Å². The fourth-order valence-corrected chi connectivity index (χ4v) is 1.20. The van der Waals surface area contributed by atoms with Gasteiger partial charge in [-0.2, -0.15) is 0 Å². The number of hydrogen-bond acceptors (Lipinski definition) is 2. The molecule has 0 saturated carbocycles. The first-order valence-corrected chi connectivity index (χ1v) is 5.42. The lowest BCUT2D eigenvalue weighted by molar-refractivity contribution is -0.138. The monoisotopic (exact) mass is 202 g/mol. The first-order valence-electron chi connectivity index (χ1n) is 5.42. The number of unbranched alkanes of at least 4 members (excludes halogenated alkanes) is 2. The van der Waals surface area contributed by atoms with Crippen molar-refractivity contribution in [1.82, 2.24) is 0 Å². The van der Waals surface area contributed by atoms with E-state index in [2.05, 4.69) is 13.8 Å². The van der Waals surface area contributed by atoms with Crippen molar-refractivity contribution in [2.75, 3.05) is 13.2 Å². The average Bonchev–Trinajstić information content (AvgIpc) is 2.08. The Morgan fingerprint density at radius 1 is 1.21 bits per heavy atom. The van der Waals surface area contributed by atoms with E-state index >= 15 is 0 Å². The summed E-state index contributed by atoms with van der Waals surface area (Å²) in [5.74, 6) is -0.00673. The molecule has 0 spiro atoms. The fraction of sp³-hybridized carbons (Fsp3) is 0.909. The largest absolute Gasteiger partial charge is 0.481 e. The number of hydrogen-bond donors (Lipinski definition) is 1. The lowest BCUT2D eigenvalue weighted by Crippen LogP contribution is -2.03. The molecule has 1 N–H and O–H groups in total. The summed E-state index contributed by atoms with van der Waals surface area (Å²) in [4.78, 5) is 10.1. The molecule has 0 aliphatic rings. The number of rotatable bonds is 9. The Morgan fingerprint density at radius 2 is 1.93 bits per heavy atom. The highest BCUT2D eigenvalue weighted by molar-refractivity contribution is 5.66. The molecule has 0 aromatic carbocycles. The van der Waals surface area contributed by atoms with Crippen molar-refractivity contribution >= 4 is 5.97 Å². The molecule has 0 aromatic heterocycles. The molecule has 0 amide bonds. The maximum atomic E-state index is 10.1. The number of carbonyl (C=O) groups is 1. The van der Waals surface area contributed by atoms with Crippen LogP contribution in [0.4, 0.5) is 0 Å². The Labute approximate surface area is 86.5 Å². The number of carboxylic acid groups (broad SMARTS) is 1. The molecule has 0 aliphatic heterocycles. The maximum Gasteiger partial charge on any atom is 0.305 e. The van der Waals surface area contributed by atoms with E-state index in [4.69, 9.17) is 9.84 Å². The lowest BCUT2D eigenvalue weighted by atomic mass is 10.1. The summed E-state index contributed by atoms with van der Waals surface area (Å²) in [6.45, 7) is 5.50. The molecule has 0 unspecified atom stereocenters. The standard InChI is InChI=1S/C11H22O3/c1-10(2)6-4-3-5-8-14-9-7-11(12)13/h10H,3-9H2,1-2H3,(H,12,13). The normalized spacial score (nSPS) is 10.8. The number of aliphatic carboxylic acids is 1. The molecule has 3 nitrogen and oxygen atoms in total. The quantitative estimate of drug-likeness (QED) is 0.585. The zero-order valence-corrected chi connectivity index (χ0v) is 9.29. The summed E-state index contributed by atoms with van der Waals surface area (Å²) in [5.41, 5.74) is 0. The lowest BCUT2D eigenvalue weighted by Gasteiger charge is -2.04. The van der Waals surface area contributed by atoms with Gasteiger partial charge in [0.25, 0.3) is 0 Å². The number of carboxylic acids is 1. The molecule has 0 saturated heterocycles. The van der Waals surface area contributed by atoms with Crippen LogP contribution in [0.3, 0.4) is 0 Å². The third-order valence-electron chi connectivity index (χ3n) is 2.03. The molecule has 0 aromatic rings. The van der Waals surface area contributed by atoms with Gasteiger partial charge in [0.2, 0.25) is 0 Å². The number of ether oxygens (including phenoxy) is 1. The van der Waals surface area contributed by atoms with E-state index in [0.717, 1.165) is 12.3 Å². The van der Waals surface area contributed by atoms with Gasteiger partial charge in [0.15, 0.2) is 0 Å². The van der Waals surface area contributed by atoms with Gasteiger partial charge in [-0.15, -0.1) is 0 Å². The molecule has 0 radical (unpaired) electrons. The minimum absolute atomic E-state index is 0.117. The second-order valence-electron chi connectivity index (χ2n) is 4.00. The molecule has 84 valence electrons. The van der Waals surface area contributed by atoms with Crippen molar-refractivity contribution in [2.45, 2.75) is 46.0 Å². The van der Waals surface area contributed by atoms with Crippen molar-refractivity contribution in [3.63, 3.8) is 0 Å². The van der Waals surface area contributed by atoms with Gasteiger partial charge in [-0.25, -0.2) is 0 Å². The SMILES string of the molecule is CC(C)CCCCCOCCC(=O)O. The first kappa shape index (κ1) is 13.4. The molecular weight excluding hydrogens is 180 g/mol. The Hall–Kier alpha value is -0.570. The van der Waals surface area contributed by atoms with Gasteiger partial charge in [0.1, 0.15) is 0 Å². The van der Waals surface area contributed by atoms with Crippen LogP contribution >= 0.6 is 0 Å². The zero-order valence-electron chi connectivity index (χ0n) is 9.29. The Bertz CT molecular complexity index is 143. The highest BCUT2D eigenvalue weighted by atomic mass is 16.5. The van der Waals surface area contributed by atoms with Crippen LogP contribution < -0.4 is 0 Å². The first-order chi connectivity index (χ1) is 6.63. The second kappa shape index (κ2) is 9.00. The molecule has 0 rings (SSSR count). The third kappa shape index (κ3) is 11.4. The summed E-state index contributed by atoms with van der Waals surface area (Å²) in [5, 5.41) is 8.34. The molecule has 0 fully saturated rings. The Morgan fingerprint density at radius 3 is 2.50 bits per heavy atom. The zero-order chi connectivity index (χ0) is 10.8. The molecule has 3 heteroatoms. The van der Waals surface area contributed by atoms with E-state index in [1.165, 1.54) is 19.3 Å². The molecule has 0 aliphatic carbocycles. The van der Waals surface area contributed by atoms with Crippen LogP contribution in [0.25, 0.3) is 0 Å². The smallest absolute Gasteiger partial charge is 0.305 e. The van der Waals surface area contributed by atoms with Gasteiger partial charge in [-0.05, 0) is 12.3 Å². The summed E-state index contributed by atoms with van der Waals surface area (Å²) in [7, 11) is 0. The van der Waals surface area contributed by atoms with Crippen molar-refractivity contribution in [3.05, 3.63) is 0 Å². The van der Waals surface area contributed by atoms with Gasteiger partial charge in [-0.3, -0.25) is 4.79 Å². The van der Waals surface area contributed by atoms with Gasteiger partial charge in [-0.1, -0.05) is 33.1 Å². The van der Waals surface area contributed by atoms with E-state index in [9.17, 15) is 4.79 Å². The van der Waals surface area contributed by atoms with Crippen LogP contribution in [-0.2, 0) is 9.53 Å². The molecule has 0 atom stereocenters. The van der Waals surface area contributed by atoms with Crippen LogP contribution in [0.2, 0.25) is 0 Å². The van der Waals surface area contributed by atoms with Gasteiger partial charge >= 0.3 is 5.97 Å². The van der Waals surface area contributed by atoms with Gasteiger partial charge < -0.3 is 9.84 Å². The molecular formula is C11H22O3. The van der Waals surface area contributed by atoms with Crippen LogP contribution in [-0.4, -0.2) is 24.3 Å². The van der Waals surface area contributed by atoms with Crippen molar-refractivity contribution in [3.8, 4) is 0 Å². The molecule has 14 heavy (non-hydrogen) atoms. The summed E-state index contributed by atoms with van der Waals surface area (Å²) in [6, 6.07) is 0. The average molecular weight is 202 g/mol. The van der Waals surface area contributed by atoms with Crippen LogP contribution in [0.15, 0.2) is 0 Å². The highest BCUT2D eigenvalue weighted by Crippen LogP contribution is 2.07. The van der Waals surface area contributed by atoms with E-state index < -0.39 is 5.97 Å². The topological polar surface area (TPSA) is 46.5 Å². The molecule has 0 heterocycles.